The third kappa shape index (κ3) is 5.57. The van der Waals surface area contributed by atoms with Crippen molar-refractivity contribution in [1.29, 1.82) is 0 Å². The number of carbonyl (C=O) groups is 1. The molecule has 0 aliphatic heterocycles. The maximum Gasteiger partial charge on any atom is 0.307 e. The molecule has 86 valence electrons. The second-order valence-electron chi connectivity index (χ2n) is 2.67. The Morgan fingerprint density at radius 2 is 2.00 bits per heavy atom. The molecule has 0 aromatic carbocycles. The van der Waals surface area contributed by atoms with E-state index in [-0.39, 0.29) is 43.2 Å². The van der Waals surface area contributed by atoms with Crippen LogP contribution in [0.2, 0.25) is 0 Å². The SMILES string of the molecule is COC(=O)CC(N)c1ccncc1.Cl.Cl. The van der Waals surface area contributed by atoms with Gasteiger partial charge in [0.15, 0.2) is 0 Å². The zero-order valence-corrected chi connectivity index (χ0v) is 9.88. The molecule has 0 amide bonds. The van der Waals surface area contributed by atoms with E-state index in [2.05, 4.69) is 9.72 Å². The number of nitrogens with two attached hydrogens (primary N) is 1. The maximum atomic E-state index is 10.9. The topological polar surface area (TPSA) is 65.2 Å². The first-order valence-corrected chi connectivity index (χ1v) is 3.96. The number of ether oxygens (including phenoxy) is 1. The van der Waals surface area contributed by atoms with Crippen LogP contribution in [0.15, 0.2) is 24.5 Å². The van der Waals surface area contributed by atoms with Crippen LogP contribution in [-0.2, 0) is 9.53 Å². The van der Waals surface area contributed by atoms with Crippen molar-refractivity contribution in [1.82, 2.24) is 4.98 Å². The lowest BCUT2D eigenvalue weighted by Crippen LogP contribution is -2.16. The molecule has 1 atom stereocenters. The Hall–Kier alpha value is -0.840. The molecule has 0 saturated heterocycles. The first-order valence-electron chi connectivity index (χ1n) is 3.96. The summed E-state index contributed by atoms with van der Waals surface area (Å²) >= 11 is 0. The molecular weight excluding hydrogens is 239 g/mol. The molecule has 0 aliphatic rings. The van der Waals surface area contributed by atoms with Gasteiger partial charge >= 0.3 is 5.97 Å². The maximum absolute atomic E-state index is 10.9. The summed E-state index contributed by atoms with van der Waals surface area (Å²) in [6, 6.07) is 3.26. The van der Waals surface area contributed by atoms with E-state index in [1.54, 1.807) is 24.5 Å². The van der Waals surface area contributed by atoms with Crippen LogP contribution < -0.4 is 5.73 Å². The number of methoxy groups -OCH3 is 1. The summed E-state index contributed by atoms with van der Waals surface area (Å²) < 4.78 is 4.51. The Labute approximate surface area is 101 Å². The minimum absolute atomic E-state index is 0. The first-order chi connectivity index (χ1) is 6.24. The zero-order chi connectivity index (χ0) is 9.68. The molecule has 1 aromatic rings. The molecule has 2 N–H and O–H groups in total. The molecule has 15 heavy (non-hydrogen) atoms. The van der Waals surface area contributed by atoms with Gasteiger partial charge in [0.1, 0.15) is 0 Å². The molecule has 0 fully saturated rings. The van der Waals surface area contributed by atoms with Crippen molar-refractivity contribution < 1.29 is 9.53 Å². The predicted molar refractivity (Wildman–Crippen MR) is 62.3 cm³/mol. The number of rotatable bonds is 3. The Bertz CT molecular complexity index is 283. The van der Waals surface area contributed by atoms with Crippen LogP contribution in [0.4, 0.5) is 0 Å². The van der Waals surface area contributed by atoms with Crippen LogP contribution in [0.1, 0.15) is 18.0 Å². The van der Waals surface area contributed by atoms with E-state index in [1.165, 1.54) is 7.11 Å². The smallest absolute Gasteiger partial charge is 0.307 e. The van der Waals surface area contributed by atoms with Gasteiger partial charge < -0.3 is 10.5 Å². The highest BCUT2D eigenvalue weighted by Gasteiger charge is 2.10. The summed E-state index contributed by atoms with van der Waals surface area (Å²) in [5.41, 5.74) is 6.63. The minimum Gasteiger partial charge on any atom is -0.469 e. The lowest BCUT2D eigenvalue weighted by molar-refractivity contribution is -0.141. The summed E-state index contributed by atoms with van der Waals surface area (Å²) in [6.45, 7) is 0. The van der Waals surface area contributed by atoms with E-state index >= 15 is 0 Å². The lowest BCUT2D eigenvalue weighted by Gasteiger charge is -2.09. The largest absolute Gasteiger partial charge is 0.469 e. The van der Waals surface area contributed by atoms with Gasteiger partial charge in [-0.25, -0.2) is 0 Å². The number of carbonyl (C=O) groups excluding carboxylic acids is 1. The standard InChI is InChI=1S/C9H12N2O2.2ClH/c1-13-9(12)6-8(10)7-2-4-11-5-3-7;;/h2-5,8H,6,10H2,1H3;2*1H. The van der Waals surface area contributed by atoms with Crippen LogP contribution in [0.5, 0.6) is 0 Å². The Morgan fingerprint density at radius 1 is 1.47 bits per heavy atom. The van der Waals surface area contributed by atoms with Crippen molar-refractivity contribution in [3.63, 3.8) is 0 Å². The lowest BCUT2D eigenvalue weighted by atomic mass is 10.1. The van der Waals surface area contributed by atoms with Gasteiger partial charge in [-0.05, 0) is 17.7 Å². The number of hydrogen-bond donors (Lipinski definition) is 1. The average molecular weight is 253 g/mol. The number of halogens is 2. The minimum atomic E-state index is -0.310. The van der Waals surface area contributed by atoms with Gasteiger partial charge in [0.25, 0.3) is 0 Å². The Balaban J connectivity index is 0. The van der Waals surface area contributed by atoms with Crippen molar-refractivity contribution >= 4 is 30.8 Å². The van der Waals surface area contributed by atoms with Crippen molar-refractivity contribution in [2.45, 2.75) is 12.5 Å². The number of esters is 1. The van der Waals surface area contributed by atoms with Crippen molar-refractivity contribution in [3.05, 3.63) is 30.1 Å². The molecule has 6 heteroatoms. The van der Waals surface area contributed by atoms with E-state index in [9.17, 15) is 4.79 Å². The number of nitrogens with zero attached hydrogens (tertiary/aromatic N) is 1. The van der Waals surface area contributed by atoms with E-state index in [1.807, 2.05) is 0 Å². The quantitative estimate of drug-likeness (QED) is 0.829. The van der Waals surface area contributed by atoms with Gasteiger partial charge in [-0.3, -0.25) is 9.78 Å². The molecular formula is C9H14Cl2N2O2. The van der Waals surface area contributed by atoms with E-state index in [4.69, 9.17) is 5.73 Å². The first kappa shape index (κ1) is 16.6. The fourth-order valence-electron chi connectivity index (χ4n) is 0.991. The van der Waals surface area contributed by atoms with Crippen LogP contribution in [0.3, 0.4) is 0 Å². The molecule has 1 heterocycles. The van der Waals surface area contributed by atoms with Crippen LogP contribution >= 0.6 is 24.8 Å². The number of hydrogen-bond acceptors (Lipinski definition) is 4. The van der Waals surface area contributed by atoms with Gasteiger partial charge in [-0.15, -0.1) is 24.8 Å². The summed E-state index contributed by atoms with van der Waals surface area (Å²) in [6.07, 6.45) is 3.49. The fourth-order valence-corrected chi connectivity index (χ4v) is 0.991. The van der Waals surface area contributed by atoms with Gasteiger partial charge in [-0.2, -0.15) is 0 Å². The van der Waals surface area contributed by atoms with Gasteiger partial charge in [0.05, 0.1) is 13.5 Å². The van der Waals surface area contributed by atoms with E-state index in [0.29, 0.717) is 0 Å². The Morgan fingerprint density at radius 3 is 2.47 bits per heavy atom. The third-order valence-corrected chi connectivity index (χ3v) is 1.75. The van der Waals surface area contributed by atoms with Crippen LogP contribution in [-0.4, -0.2) is 18.1 Å². The Kier molecular flexibility index (Phi) is 9.36. The monoisotopic (exact) mass is 252 g/mol. The molecule has 0 radical (unpaired) electrons. The van der Waals surface area contributed by atoms with E-state index < -0.39 is 0 Å². The molecule has 0 saturated carbocycles. The zero-order valence-electron chi connectivity index (χ0n) is 8.25. The summed E-state index contributed by atoms with van der Waals surface area (Å²) in [7, 11) is 1.35. The van der Waals surface area contributed by atoms with E-state index in [0.717, 1.165) is 5.56 Å². The number of pyridine rings is 1. The average Bonchev–Trinajstić information content (AvgIpc) is 2.19. The molecule has 0 aliphatic carbocycles. The molecule has 0 bridgehead atoms. The highest BCUT2D eigenvalue weighted by atomic mass is 35.5. The van der Waals surface area contributed by atoms with Crippen LogP contribution in [0, 0.1) is 0 Å². The summed E-state index contributed by atoms with van der Waals surface area (Å²) in [5, 5.41) is 0. The number of aromatic nitrogens is 1. The molecule has 1 rings (SSSR count). The fraction of sp³-hybridized carbons (Fsp3) is 0.333. The van der Waals surface area contributed by atoms with Gasteiger partial charge in [-0.1, -0.05) is 0 Å². The normalized spacial score (nSPS) is 10.5. The van der Waals surface area contributed by atoms with Gasteiger partial charge in [0.2, 0.25) is 0 Å². The predicted octanol–water partition coefficient (Wildman–Crippen LogP) is 1.49. The van der Waals surface area contributed by atoms with Crippen molar-refractivity contribution in [3.8, 4) is 0 Å². The summed E-state index contributed by atoms with van der Waals surface area (Å²) in [4.78, 5) is 14.7. The third-order valence-electron chi connectivity index (χ3n) is 1.75. The van der Waals surface area contributed by atoms with Crippen molar-refractivity contribution in [2.24, 2.45) is 5.73 Å². The molecule has 1 aromatic heterocycles. The second-order valence-corrected chi connectivity index (χ2v) is 2.67. The molecule has 4 nitrogen and oxygen atoms in total. The van der Waals surface area contributed by atoms with Crippen LogP contribution in [0.25, 0.3) is 0 Å². The molecule has 1 unspecified atom stereocenters. The van der Waals surface area contributed by atoms with Gasteiger partial charge in [0, 0.05) is 18.4 Å². The summed E-state index contributed by atoms with van der Waals surface area (Å²) in [5.74, 6) is -0.302. The second kappa shape index (κ2) is 8.47. The molecule has 0 spiro atoms. The van der Waals surface area contributed by atoms with Crippen molar-refractivity contribution in [2.75, 3.05) is 7.11 Å². The highest BCUT2D eigenvalue weighted by Crippen LogP contribution is 2.12. The highest BCUT2D eigenvalue weighted by molar-refractivity contribution is 5.85.